The van der Waals surface area contributed by atoms with E-state index < -0.39 is 5.60 Å². The van der Waals surface area contributed by atoms with Crippen molar-refractivity contribution in [3.8, 4) is 0 Å². The molecule has 94 valence electrons. The van der Waals surface area contributed by atoms with E-state index in [0.717, 1.165) is 19.3 Å². The molecule has 0 spiro atoms. The van der Waals surface area contributed by atoms with Gasteiger partial charge in [-0.1, -0.05) is 23.8 Å². The number of benzene rings is 1. The third-order valence-corrected chi connectivity index (χ3v) is 3.66. The van der Waals surface area contributed by atoms with Gasteiger partial charge in [-0.2, -0.15) is 0 Å². The van der Waals surface area contributed by atoms with E-state index in [0.29, 0.717) is 6.61 Å². The molecule has 2 nitrogen and oxygen atoms in total. The fourth-order valence-electron chi connectivity index (χ4n) is 2.65. The summed E-state index contributed by atoms with van der Waals surface area (Å²) >= 11 is 0. The normalized spacial score (nSPS) is 29.3. The van der Waals surface area contributed by atoms with Crippen molar-refractivity contribution < 1.29 is 9.84 Å². The van der Waals surface area contributed by atoms with Crippen molar-refractivity contribution in [2.45, 2.75) is 51.7 Å². The lowest BCUT2D eigenvalue weighted by atomic mass is 9.83. The molecule has 2 rings (SSSR count). The molecular formula is C15H22O2. The van der Waals surface area contributed by atoms with Crippen molar-refractivity contribution in [1.29, 1.82) is 0 Å². The Kier molecular flexibility index (Phi) is 3.55. The smallest absolute Gasteiger partial charge is 0.0734 e. The molecule has 0 amide bonds. The quantitative estimate of drug-likeness (QED) is 0.852. The van der Waals surface area contributed by atoms with Crippen LogP contribution in [0.2, 0.25) is 0 Å². The summed E-state index contributed by atoms with van der Waals surface area (Å²) in [5.74, 6) is 0. The summed E-state index contributed by atoms with van der Waals surface area (Å²) in [6.45, 7) is 6.91. The molecule has 0 aromatic heterocycles. The lowest BCUT2D eigenvalue weighted by Gasteiger charge is -2.36. The largest absolute Gasteiger partial charge is 0.389 e. The number of hydrogen-bond donors (Lipinski definition) is 1. The van der Waals surface area contributed by atoms with E-state index in [-0.39, 0.29) is 6.10 Å². The molecule has 1 fully saturated rings. The zero-order valence-corrected chi connectivity index (χ0v) is 11.0. The molecule has 2 atom stereocenters. The average Bonchev–Trinajstić information content (AvgIpc) is 2.22. The van der Waals surface area contributed by atoms with Gasteiger partial charge in [0, 0.05) is 19.4 Å². The molecule has 2 heteroatoms. The van der Waals surface area contributed by atoms with Crippen LogP contribution in [0.3, 0.4) is 0 Å². The fourth-order valence-corrected chi connectivity index (χ4v) is 2.65. The van der Waals surface area contributed by atoms with Crippen LogP contribution in [0.15, 0.2) is 18.2 Å². The van der Waals surface area contributed by atoms with Crippen LogP contribution in [0, 0.1) is 13.8 Å². The molecule has 17 heavy (non-hydrogen) atoms. The Balaban J connectivity index is 2.16. The summed E-state index contributed by atoms with van der Waals surface area (Å²) in [6.07, 6.45) is 2.39. The molecule has 1 N–H and O–H groups in total. The molecule has 1 aliphatic heterocycles. The molecule has 1 saturated heterocycles. The van der Waals surface area contributed by atoms with Crippen LogP contribution in [0.4, 0.5) is 0 Å². The SMILES string of the molecule is Cc1ccc(C)c(CC2(O)CCOC(C)C2)c1. The van der Waals surface area contributed by atoms with Crippen LogP contribution >= 0.6 is 0 Å². The van der Waals surface area contributed by atoms with Gasteiger partial charge < -0.3 is 9.84 Å². The number of rotatable bonds is 2. The van der Waals surface area contributed by atoms with Gasteiger partial charge in [-0.05, 0) is 38.3 Å². The van der Waals surface area contributed by atoms with Gasteiger partial charge in [0.1, 0.15) is 0 Å². The van der Waals surface area contributed by atoms with Crippen LogP contribution in [0.1, 0.15) is 36.5 Å². The summed E-state index contributed by atoms with van der Waals surface area (Å²) in [5.41, 5.74) is 3.20. The van der Waals surface area contributed by atoms with Gasteiger partial charge in [-0.15, -0.1) is 0 Å². The first-order valence-electron chi connectivity index (χ1n) is 6.39. The second-order valence-electron chi connectivity index (χ2n) is 5.47. The summed E-state index contributed by atoms with van der Waals surface area (Å²) in [6, 6.07) is 6.44. The first kappa shape index (κ1) is 12.6. The second kappa shape index (κ2) is 4.79. The van der Waals surface area contributed by atoms with Crippen molar-refractivity contribution in [2.24, 2.45) is 0 Å². The van der Waals surface area contributed by atoms with E-state index in [1.807, 2.05) is 6.92 Å². The Bertz CT molecular complexity index is 400. The standard InChI is InChI=1S/C15H22O2/c1-11-4-5-12(2)14(8-11)10-15(16)6-7-17-13(3)9-15/h4-5,8,13,16H,6-7,9-10H2,1-3H3. The molecule has 0 aliphatic carbocycles. The van der Waals surface area contributed by atoms with Gasteiger partial charge in [0.2, 0.25) is 0 Å². The van der Waals surface area contributed by atoms with Gasteiger partial charge in [0.05, 0.1) is 11.7 Å². The van der Waals surface area contributed by atoms with Gasteiger partial charge in [-0.3, -0.25) is 0 Å². The van der Waals surface area contributed by atoms with Crippen LogP contribution in [-0.2, 0) is 11.2 Å². The van der Waals surface area contributed by atoms with E-state index in [1.54, 1.807) is 0 Å². The highest BCUT2D eigenvalue weighted by Gasteiger charge is 2.33. The lowest BCUT2D eigenvalue weighted by Crippen LogP contribution is -2.41. The number of aryl methyl sites for hydroxylation is 2. The van der Waals surface area contributed by atoms with Crippen LogP contribution < -0.4 is 0 Å². The number of hydrogen-bond acceptors (Lipinski definition) is 2. The Morgan fingerprint density at radius 3 is 2.88 bits per heavy atom. The topological polar surface area (TPSA) is 29.5 Å². The van der Waals surface area contributed by atoms with E-state index in [1.165, 1.54) is 16.7 Å². The minimum absolute atomic E-state index is 0.166. The van der Waals surface area contributed by atoms with Crippen molar-refractivity contribution in [3.63, 3.8) is 0 Å². The zero-order valence-electron chi connectivity index (χ0n) is 11.0. The van der Waals surface area contributed by atoms with E-state index in [4.69, 9.17) is 4.74 Å². The fraction of sp³-hybridized carbons (Fsp3) is 0.600. The van der Waals surface area contributed by atoms with Crippen molar-refractivity contribution >= 4 is 0 Å². The van der Waals surface area contributed by atoms with E-state index in [9.17, 15) is 5.11 Å². The van der Waals surface area contributed by atoms with E-state index >= 15 is 0 Å². The molecule has 0 saturated carbocycles. The lowest BCUT2D eigenvalue weighted by molar-refractivity contribution is -0.0961. The third kappa shape index (κ3) is 3.08. The Morgan fingerprint density at radius 1 is 1.41 bits per heavy atom. The monoisotopic (exact) mass is 234 g/mol. The molecule has 2 unspecified atom stereocenters. The predicted molar refractivity (Wildman–Crippen MR) is 69.2 cm³/mol. The highest BCUT2D eigenvalue weighted by atomic mass is 16.5. The summed E-state index contributed by atoms with van der Waals surface area (Å²) in [4.78, 5) is 0. The average molecular weight is 234 g/mol. The van der Waals surface area contributed by atoms with Crippen molar-refractivity contribution in [1.82, 2.24) is 0 Å². The van der Waals surface area contributed by atoms with Crippen LogP contribution in [0.25, 0.3) is 0 Å². The van der Waals surface area contributed by atoms with Crippen LogP contribution in [-0.4, -0.2) is 23.4 Å². The van der Waals surface area contributed by atoms with E-state index in [2.05, 4.69) is 32.0 Å². The number of ether oxygens (including phenoxy) is 1. The maximum atomic E-state index is 10.6. The molecule has 0 radical (unpaired) electrons. The summed E-state index contributed by atoms with van der Waals surface area (Å²) < 4.78 is 5.50. The Morgan fingerprint density at radius 2 is 2.18 bits per heavy atom. The zero-order chi connectivity index (χ0) is 12.5. The second-order valence-corrected chi connectivity index (χ2v) is 5.47. The molecule has 1 aromatic rings. The van der Waals surface area contributed by atoms with Crippen molar-refractivity contribution in [2.75, 3.05) is 6.61 Å². The molecule has 0 bridgehead atoms. The summed E-state index contributed by atoms with van der Waals surface area (Å²) in [7, 11) is 0. The van der Waals surface area contributed by atoms with Gasteiger partial charge in [0.25, 0.3) is 0 Å². The Hall–Kier alpha value is -0.860. The first-order valence-corrected chi connectivity index (χ1v) is 6.39. The minimum atomic E-state index is -0.587. The highest BCUT2D eigenvalue weighted by molar-refractivity contribution is 5.31. The molecule has 1 aliphatic rings. The van der Waals surface area contributed by atoms with Crippen LogP contribution in [0.5, 0.6) is 0 Å². The highest BCUT2D eigenvalue weighted by Crippen LogP contribution is 2.29. The van der Waals surface area contributed by atoms with Gasteiger partial charge in [-0.25, -0.2) is 0 Å². The Labute approximate surface area is 104 Å². The third-order valence-electron chi connectivity index (χ3n) is 3.66. The maximum Gasteiger partial charge on any atom is 0.0734 e. The first-order chi connectivity index (χ1) is 7.98. The maximum absolute atomic E-state index is 10.6. The predicted octanol–water partition coefficient (Wildman–Crippen LogP) is 2.78. The minimum Gasteiger partial charge on any atom is -0.389 e. The number of aliphatic hydroxyl groups is 1. The summed E-state index contributed by atoms with van der Waals surface area (Å²) in [5, 5.41) is 10.6. The van der Waals surface area contributed by atoms with Crippen molar-refractivity contribution in [3.05, 3.63) is 34.9 Å². The van der Waals surface area contributed by atoms with Gasteiger partial charge >= 0.3 is 0 Å². The van der Waals surface area contributed by atoms with Gasteiger partial charge in [0.15, 0.2) is 0 Å². The molecule has 1 aromatic carbocycles. The molecular weight excluding hydrogens is 212 g/mol. The molecule has 1 heterocycles.